The van der Waals surface area contributed by atoms with Gasteiger partial charge in [-0.1, -0.05) is 20.8 Å². The van der Waals surface area contributed by atoms with Gasteiger partial charge in [0.15, 0.2) is 0 Å². The van der Waals surface area contributed by atoms with Gasteiger partial charge < -0.3 is 19.8 Å². The molecule has 1 unspecified atom stereocenters. The van der Waals surface area contributed by atoms with Crippen molar-refractivity contribution >= 4 is 11.9 Å². The van der Waals surface area contributed by atoms with Gasteiger partial charge in [-0.25, -0.2) is 0 Å². The van der Waals surface area contributed by atoms with Crippen LogP contribution in [0, 0.1) is 11.8 Å². The van der Waals surface area contributed by atoms with E-state index in [1.54, 1.807) is 6.92 Å². The summed E-state index contributed by atoms with van der Waals surface area (Å²) in [5.74, 6) is -1.35. The maximum Gasteiger partial charge on any atom is 0.308 e. The Morgan fingerprint density at radius 1 is 1.21 bits per heavy atom. The third kappa shape index (κ3) is 8.56. The average Bonchev–Trinajstić information content (AvgIpc) is 2.31. The van der Waals surface area contributed by atoms with Gasteiger partial charge in [-0.15, -0.1) is 0 Å². The van der Waals surface area contributed by atoms with E-state index in [1.165, 1.54) is 4.90 Å². The molecule has 0 fully saturated rings. The highest BCUT2D eigenvalue weighted by Crippen LogP contribution is 2.07. The summed E-state index contributed by atoms with van der Waals surface area (Å²) in [6.45, 7) is 6.46. The quantitative estimate of drug-likeness (QED) is 0.570. The SMILES string of the molecule is CC(C)CC(=O)N(CCOCCO)CC(C)C(=O)O. The van der Waals surface area contributed by atoms with Crippen molar-refractivity contribution in [3.8, 4) is 0 Å². The number of aliphatic carboxylic acids is 1. The fourth-order valence-corrected chi connectivity index (χ4v) is 1.55. The fourth-order valence-electron chi connectivity index (χ4n) is 1.55. The first-order valence-electron chi connectivity index (χ1n) is 6.57. The maximum atomic E-state index is 12.0. The molecule has 2 N–H and O–H groups in total. The van der Waals surface area contributed by atoms with Crippen molar-refractivity contribution < 1.29 is 24.5 Å². The van der Waals surface area contributed by atoms with Gasteiger partial charge in [0.25, 0.3) is 0 Å². The standard InChI is InChI=1S/C13H25NO5/c1-10(2)8-12(16)14(4-6-19-7-5-15)9-11(3)13(17)18/h10-11,15H,4-9H2,1-3H3,(H,17,18). The lowest BCUT2D eigenvalue weighted by Crippen LogP contribution is -2.39. The summed E-state index contributed by atoms with van der Waals surface area (Å²) in [6.07, 6.45) is 0.395. The molecule has 1 atom stereocenters. The third-order valence-corrected chi connectivity index (χ3v) is 2.59. The van der Waals surface area contributed by atoms with Crippen LogP contribution in [0.2, 0.25) is 0 Å². The van der Waals surface area contributed by atoms with Crippen molar-refractivity contribution in [2.75, 3.05) is 32.9 Å². The molecule has 0 aromatic rings. The summed E-state index contributed by atoms with van der Waals surface area (Å²) < 4.78 is 5.12. The number of aliphatic hydroxyl groups is 1. The highest BCUT2D eigenvalue weighted by Gasteiger charge is 2.20. The summed E-state index contributed by atoms with van der Waals surface area (Å²) in [5.41, 5.74) is 0. The van der Waals surface area contributed by atoms with Crippen LogP contribution in [0.25, 0.3) is 0 Å². The van der Waals surface area contributed by atoms with E-state index in [2.05, 4.69) is 0 Å². The van der Waals surface area contributed by atoms with Crippen LogP contribution in [-0.2, 0) is 14.3 Å². The highest BCUT2D eigenvalue weighted by atomic mass is 16.5. The first-order chi connectivity index (χ1) is 8.88. The van der Waals surface area contributed by atoms with Crippen molar-refractivity contribution in [3.05, 3.63) is 0 Å². The van der Waals surface area contributed by atoms with Crippen LogP contribution in [0.1, 0.15) is 27.2 Å². The molecule has 19 heavy (non-hydrogen) atoms. The van der Waals surface area contributed by atoms with Crippen LogP contribution in [0.15, 0.2) is 0 Å². The summed E-state index contributed by atoms with van der Waals surface area (Å²) >= 11 is 0. The van der Waals surface area contributed by atoms with Crippen molar-refractivity contribution in [1.82, 2.24) is 4.90 Å². The van der Waals surface area contributed by atoms with E-state index >= 15 is 0 Å². The van der Waals surface area contributed by atoms with Gasteiger partial charge in [-0.05, 0) is 5.92 Å². The predicted octanol–water partition coefficient (Wildman–Crippen LogP) is 0.591. The number of hydrogen-bond donors (Lipinski definition) is 2. The van der Waals surface area contributed by atoms with Crippen LogP contribution in [0.3, 0.4) is 0 Å². The van der Waals surface area contributed by atoms with Gasteiger partial charge in [0.1, 0.15) is 0 Å². The van der Waals surface area contributed by atoms with E-state index in [0.29, 0.717) is 19.6 Å². The zero-order valence-electron chi connectivity index (χ0n) is 12.0. The monoisotopic (exact) mass is 275 g/mol. The number of rotatable bonds is 10. The summed E-state index contributed by atoms with van der Waals surface area (Å²) in [6, 6.07) is 0. The Morgan fingerprint density at radius 3 is 2.32 bits per heavy atom. The van der Waals surface area contributed by atoms with Crippen LogP contribution >= 0.6 is 0 Å². The minimum Gasteiger partial charge on any atom is -0.481 e. The zero-order valence-corrected chi connectivity index (χ0v) is 12.0. The van der Waals surface area contributed by atoms with Gasteiger partial charge in [-0.2, -0.15) is 0 Å². The largest absolute Gasteiger partial charge is 0.481 e. The number of ether oxygens (including phenoxy) is 1. The second kappa shape index (κ2) is 9.75. The molecule has 0 radical (unpaired) electrons. The summed E-state index contributed by atoms with van der Waals surface area (Å²) in [4.78, 5) is 24.4. The Hall–Kier alpha value is -1.14. The number of aliphatic hydroxyl groups excluding tert-OH is 1. The zero-order chi connectivity index (χ0) is 14.8. The van der Waals surface area contributed by atoms with Gasteiger partial charge >= 0.3 is 5.97 Å². The minimum absolute atomic E-state index is 0.0595. The Bertz CT molecular complexity index is 280. The lowest BCUT2D eigenvalue weighted by molar-refractivity contribution is -0.143. The molecule has 1 amide bonds. The highest BCUT2D eigenvalue weighted by molar-refractivity contribution is 5.77. The second-order valence-corrected chi connectivity index (χ2v) is 5.01. The lowest BCUT2D eigenvalue weighted by atomic mass is 10.1. The van der Waals surface area contributed by atoms with Gasteiger partial charge in [0.2, 0.25) is 5.91 Å². The average molecular weight is 275 g/mol. The second-order valence-electron chi connectivity index (χ2n) is 5.01. The molecular formula is C13H25NO5. The number of amides is 1. The van der Waals surface area contributed by atoms with E-state index in [0.717, 1.165) is 0 Å². The number of carboxylic acid groups (broad SMARTS) is 1. The van der Waals surface area contributed by atoms with Gasteiger partial charge in [-0.3, -0.25) is 9.59 Å². The smallest absolute Gasteiger partial charge is 0.308 e. The fraction of sp³-hybridized carbons (Fsp3) is 0.846. The molecule has 0 saturated carbocycles. The van der Waals surface area contributed by atoms with Crippen LogP contribution < -0.4 is 0 Å². The number of carbonyl (C=O) groups is 2. The minimum atomic E-state index is -0.918. The molecule has 0 aliphatic rings. The molecule has 0 aromatic heterocycles. The number of nitrogens with zero attached hydrogens (tertiary/aromatic N) is 1. The maximum absolute atomic E-state index is 12.0. The van der Waals surface area contributed by atoms with Crippen LogP contribution in [-0.4, -0.2) is 59.9 Å². The molecule has 0 aliphatic carbocycles. The van der Waals surface area contributed by atoms with E-state index in [-0.39, 0.29) is 31.6 Å². The normalized spacial score (nSPS) is 12.5. The van der Waals surface area contributed by atoms with E-state index < -0.39 is 11.9 Å². The third-order valence-electron chi connectivity index (χ3n) is 2.59. The molecule has 0 bridgehead atoms. The van der Waals surface area contributed by atoms with Crippen molar-refractivity contribution in [2.45, 2.75) is 27.2 Å². The summed E-state index contributed by atoms with van der Waals surface area (Å²) in [5, 5.41) is 17.5. The Labute approximate surface area is 114 Å². The van der Waals surface area contributed by atoms with Gasteiger partial charge in [0, 0.05) is 19.5 Å². The molecule has 0 heterocycles. The predicted molar refractivity (Wildman–Crippen MR) is 70.7 cm³/mol. The molecule has 6 nitrogen and oxygen atoms in total. The van der Waals surface area contributed by atoms with Crippen molar-refractivity contribution in [2.24, 2.45) is 11.8 Å². The molecular weight excluding hydrogens is 250 g/mol. The molecule has 0 aliphatic heterocycles. The Balaban J connectivity index is 4.36. The topological polar surface area (TPSA) is 87.1 Å². The van der Waals surface area contributed by atoms with Crippen LogP contribution in [0.4, 0.5) is 0 Å². The number of hydrogen-bond acceptors (Lipinski definition) is 4. The number of carbonyl (C=O) groups excluding carboxylic acids is 1. The van der Waals surface area contributed by atoms with Crippen molar-refractivity contribution in [3.63, 3.8) is 0 Å². The summed E-state index contributed by atoms with van der Waals surface area (Å²) in [7, 11) is 0. The van der Waals surface area contributed by atoms with Gasteiger partial charge in [0.05, 0.1) is 25.7 Å². The van der Waals surface area contributed by atoms with Crippen LogP contribution in [0.5, 0.6) is 0 Å². The Morgan fingerprint density at radius 2 is 1.84 bits per heavy atom. The van der Waals surface area contributed by atoms with E-state index in [9.17, 15) is 9.59 Å². The first-order valence-corrected chi connectivity index (χ1v) is 6.57. The Kier molecular flexibility index (Phi) is 9.16. The molecule has 0 aromatic carbocycles. The molecule has 0 saturated heterocycles. The number of carboxylic acids is 1. The van der Waals surface area contributed by atoms with E-state index in [1.807, 2.05) is 13.8 Å². The molecule has 112 valence electrons. The molecule has 0 spiro atoms. The molecule has 6 heteroatoms. The van der Waals surface area contributed by atoms with Crippen molar-refractivity contribution in [1.29, 1.82) is 0 Å². The first kappa shape index (κ1) is 17.9. The molecule has 0 rings (SSSR count). The van der Waals surface area contributed by atoms with E-state index in [4.69, 9.17) is 14.9 Å². The lowest BCUT2D eigenvalue weighted by Gasteiger charge is -2.25.